The van der Waals surface area contributed by atoms with Gasteiger partial charge >= 0.3 is 6.18 Å². The molecule has 0 radical (unpaired) electrons. The van der Waals surface area contributed by atoms with Gasteiger partial charge in [0.1, 0.15) is 11.1 Å². The Morgan fingerprint density at radius 1 is 1.08 bits per heavy atom. The summed E-state index contributed by atoms with van der Waals surface area (Å²) in [5.41, 5.74) is 0.249. The molecule has 0 spiro atoms. The molecule has 4 nitrogen and oxygen atoms in total. The Morgan fingerprint density at radius 3 is 2.68 bits per heavy atom. The number of aromatic nitrogens is 2. The van der Waals surface area contributed by atoms with Crippen molar-refractivity contribution in [1.82, 2.24) is 9.55 Å². The maximum Gasteiger partial charge on any atom is 0.416 e. The largest absolute Gasteiger partial charge is 0.448 e. The molecular formula is C18H11F3N2O2. The third-order valence-electron chi connectivity index (χ3n) is 3.96. The minimum atomic E-state index is -4.43. The van der Waals surface area contributed by atoms with Gasteiger partial charge in [0.15, 0.2) is 0 Å². The molecular weight excluding hydrogens is 333 g/mol. The summed E-state index contributed by atoms with van der Waals surface area (Å²) in [5.74, 6) is 0. The van der Waals surface area contributed by atoms with E-state index >= 15 is 0 Å². The summed E-state index contributed by atoms with van der Waals surface area (Å²) in [6.07, 6.45) is -3.10. The van der Waals surface area contributed by atoms with Crippen molar-refractivity contribution in [3.63, 3.8) is 0 Å². The number of fused-ring (bicyclic) bond motifs is 3. The van der Waals surface area contributed by atoms with Crippen LogP contribution >= 0.6 is 0 Å². The van der Waals surface area contributed by atoms with E-state index in [1.165, 1.54) is 23.0 Å². The van der Waals surface area contributed by atoms with Crippen LogP contribution in [0.15, 0.2) is 64.1 Å². The Balaban J connectivity index is 1.79. The van der Waals surface area contributed by atoms with Gasteiger partial charge in [-0.3, -0.25) is 9.36 Å². The minimum absolute atomic E-state index is 0.0251. The Kier molecular flexibility index (Phi) is 3.38. The van der Waals surface area contributed by atoms with Crippen LogP contribution in [-0.2, 0) is 12.7 Å². The predicted molar refractivity (Wildman–Crippen MR) is 86.3 cm³/mol. The van der Waals surface area contributed by atoms with Crippen LogP contribution in [0.3, 0.4) is 0 Å². The van der Waals surface area contributed by atoms with E-state index in [1.807, 2.05) is 6.07 Å². The standard InChI is InChI=1S/C18H11F3N2O2/c19-18(20,21)12-5-3-4-11(8-12)9-23-10-22-15-13-6-1-2-7-14(13)25-16(15)17(23)24/h1-8,10H,9H2. The highest BCUT2D eigenvalue weighted by atomic mass is 19.4. The van der Waals surface area contributed by atoms with E-state index in [0.29, 0.717) is 16.7 Å². The maximum absolute atomic E-state index is 12.8. The average Bonchev–Trinajstić information content (AvgIpc) is 2.96. The van der Waals surface area contributed by atoms with E-state index in [-0.39, 0.29) is 12.1 Å². The highest BCUT2D eigenvalue weighted by molar-refractivity contribution is 6.01. The quantitative estimate of drug-likeness (QED) is 0.547. The fourth-order valence-electron chi connectivity index (χ4n) is 2.77. The summed E-state index contributed by atoms with van der Waals surface area (Å²) in [4.78, 5) is 16.8. The number of halogens is 3. The van der Waals surface area contributed by atoms with Crippen molar-refractivity contribution in [2.24, 2.45) is 0 Å². The summed E-state index contributed by atoms with van der Waals surface area (Å²) in [6, 6.07) is 12.0. The maximum atomic E-state index is 12.8. The number of benzene rings is 2. The highest BCUT2D eigenvalue weighted by Gasteiger charge is 2.30. The van der Waals surface area contributed by atoms with Crippen molar-refractivity contribution in [1.29, 1.82) is 0 Å². The van der Waals surface area contributed by atoms with Gasteiger partial charge in [-0.25, -0.2) is 4.98 Å². The molecule has 126 valence electrons. The zero-order valence-corrected chi connectivity index (χ0v) is 12.7. The Labute approximate surface area is 139 Å². The second-order valence-corrected chi connectivity index (χ2v) is 5.65. The van der Waals surface area contributed by atoms with Crippen molar-refractivity contribution in [2.45, 2.75) is 12.7 Å². The Hall–Kier alpha value is -3.09. The van der Waals surface area contributed by atoms with E-state index in [9.17, 15) is 18.0 Å². The van der Waals surface area contributed by atoms with E-state index in [4.69, 9.17) is 4.42 Å². The van der Waals surface area contributed by atoms with Gasteiger partial charge in [0, 0.05) is 5.39 Å². The lowest BCUT2D eigenvalue weighted by atomic mass is 10.1. The third kappa shape index (κ3) is 2.67. The van der Waals surface area contributed by atoms with Gasteiger partial charge < -0.3 is 4.42 Å². The van der Waals surface area contributed by atoms with Gasteiger partial charge in [-0.05, 0) is 29.8 Å². The van der Waals surface area contributed by atoms with E-state index in [2.05, 4.69) is 4.98 Å². The van der Waals surface area contributed by atoms with Crippen LogP contribution in [-0.4, -0.2) is 9.55 Å². The van der Waals surface area contributed by atoms with Gasteiger partial charge in [-0.2, -0.15) is 13.2 Å². The smallest absolute Gasteiger partial charge is 0.416 e. The molecule has 2 heterocycles. The van der Waals surface area contributed by atoms with Crippen molar-refractivity contribution < 1.29 is 17.6 Å². The highest BCUT2D eigenvalue weighted by Crippen LogP contribution is 2.29. The topological polar surface area (TPSA) is 48.0 Å². The number of rotatable bonds is 2. The second-order valence-electron chi connectivity index (χ2n) is 5.65. The lowest BCUT2D eigenvalue weighted by Crippen LogP contribution is -2.20. The zero-order valence-electron chi connectivity index (χ0n) is 12.7. The van der Waals surface area contributed by atoms with Crippen molar-refractivity contribution in [3.05, 3.63) is 76.3 Å². The van der Waals surface area contributed by atoms with Crippen LogP contribution < -0.4 is 5.56 Å². The van der Waals surface area contributed by atoms with Crippen molar-refractivity contribution in [3.8, 4) is 0 Å². The van der Waals surface area contributed by atoms with Crippen molar-refractivity contribution in [2.75, 3.05) is 0 Å². The molecule has 0 amide bonds. The number of nitrogens with zero attached hydrogens (tertiary/aromatic N) is 2. The average molecular weight is 344 g/mol. The Bertz CT molecular complexity index is 1140. The molecule has 0 atom stereocenters. The Morgan fingerprint density at radius 2 is 1.88 bits per heavy atom. The molecule has 4 aromatic rings. The van der Waals surface area contributed by atoms with Gasteiger partial charge in [-0.15, -0.1) is 0 Å². The lowest BCUT2D eigenvalue weighted by molar-refractivity contribution is -0.137. The number of furan rings is 1. The first-order valence-corrected chi connectivity index (χ1v) is 7.46. The van der Waals surface area contributed by atoms with Gasteiger partial charge in [-0.1, -0.05) is 24.3 Å². The first-order valence-electron chi connectivity index (χ1n) is 7.46. The molecule has 0 aliphatic heterocycles. The van der Waals surface area contributed by atoms with Crippen LogP contribution in [0.4, 0.5) is 13.2 Å². The first-order chi connectivity index (χ1) is 11.9. The summed E-state index contributed by atoms with van der Waals surface area (Å²) in [6.45, 7) is -0.0251. The SMILES string of the molecule is O=c1c2oc3ccccc3c2ncn1Cc1cccc(C(F)(F)F)c1. The molecule has 0 saturated heterocycles. The molecule has 0 N–H and O–H groups in total. The molecule has 0 unspecified atom stereocenters. The van der Waals surface area contributed by atoms with E-state index in [0.717, 1.165) is 17.5 Å². The number of para-hydroxylation sites is 1. The van der Waals surface area contributed by atoms with Gasteiger partial charge in [0.25, 0.3) is 5.56 Å². The summed E-state index contributed by atoms with van der Waals surface area (Å²) in [5, 5.41) is 0.723. The molecule has 0 fully saturated rings. The normalized spacial score (nSPS) is 12.1. The van der Waals surface area contributed by atoms with Gasteiger partial charge in [0.05, 0.1) is 18.4 Å². The molecule has 7 heteroatoms. The van der Waals surface area contributed by atoms with Crippen LogP contribution in [0.1, 0.15) is 11.1 Å². The molecule has 2 aromatic heterocycles. The predicted octanol–water partition coefficient (Wildman–Crippen LogP) is 4.21. The number of hydrogen-bond acceptors (Lipinski definition) is 3. The summed E-state index contributed by atoms with van der Waals surface area (Å²) < 4.78 is 45.2. The molecule has 25 heavy (non-hydrogen) atoms. The van der Waals surface area contributed by atoms with Crippen LogP contribution in [0, 0.1) is 0 Å². The second kappa shape index (κ2) is 5.47. The molecule has 4 rings (SSSR count). The molecule has 0 bridgehead atoms. The van der Waals surface area contributed by atoms with Crippen LogP contribution in [0.5, 0.6) is 0 Å². The summed E-state index contributed by atoms with van der Waals surface area (Å²) in [7, 11) is 0. The molecule has 0 aliphatic carbocycles. The number of alkyl halides is 3. The van der Waals surface area contributed by atoms with Gasteiger partial charge in [0.2, 0.25) is 5.58 Å². The van der Waals surface area contributed by atoms with E-state index in [1.54, 1.807) is 18.2 Å². The van der Waals surface area contributed by atoms with Crippen molar-refractivity contribution >= 4 is 22.1 Å². The zero-order chi connectivity index (χ0) is 17.6. The van der Waals surface area contributed by atoms with Crippen LogP contribution in [0.25, 0.3) is 22.1 Å². The molecule has 0 aliphatic rings. The van der Waals surface area contributed by atoms with Crippen LogP contribution in [0.2, 0.25) is 0 Å². The monoisotopic (exact) mass is 344 g/mol. The minimum Gasteiger partial charge on any atom is -0.448 e. The number of hydrogen-bond donors (Lipinski definition) is 0. The summed E-state index contributed by atoms with van der Waals surface area (Å²) >= 11 is 0. The lowest BCUT2D eigenvalue weighted by Gasteiger charge is -2.09. The molecule has 0 saturated carbocycles. The third-order valence-corrected chi connectivity index (χ3v) is 3.96. The first kappa shape index (κ1) is 15.4. The van der Waals surface area contributed by atoms with E-state index < -0.39 is 17.3 Å². The fraction of sp³-hybridized carbons (Fsp3) is 0.111. The molecule has 2 aromatic carbocycles. The fourth-order valence-corrected chi connectivity index (χ4v) is 2.77.